The van der Waals surface area contributed by atoms with Crippen LogP contribution in [0.15, 0.2) is 30.3 Å². The fourth-order valence-electron chi connectivity index (χ4n) is 4.08. The molecule has 29 heavy (non-hydrogen) atoms. The molecule has 3 rings (SSSR count). The molecular weight excluding hydrogens is 367 g/mol. The second-order valence-electron chi connectivity index (χ2n) is 7.86. The molecule has 5 heteroatoms. The van der Waals surface area contributed by atoms with Crippen molar-refractivity contribution in [1.29, 1.82) is 0 Å². The Morgan fingerprint density at radius 1 is 1.24 bits per heavy atom. The van der Waals surface area contributed by atoms with E-state index < -0.39 is 5.97 Å². The first-order chi connectivity index (χ1) is 14.0. The van der Waals surface area contributed by atoms with Crippen LogP contribution >= 0.6 is 0 Å². The minimum atomic E-state index is -0.914. The van der Waals surface area contributed by atoms with Gasteiger partial charge in [-0.2, -0.15) is 0 Å². The van der Waals surface area contributed by atoms with Gasteiger partial charge in [0, 0.05) is 37.4 Å². The molecule has 0 bridgehead atoms. The van der Waals surface area contributed by atoms with Crippen molar-refractivity contribution in [2.45, 2.75) is 58.9 Å². The first-order valence-corrected chi connectivity index (χ1v) is 10.6. The van der Waals surface area contributed by atoms with Gasteiger partial charge in [0.25, 0.3) is 0 Å². The number of carboxylic acids is 1. The SMILES string of the molecule is CCCCN1CCCc2ccc(CNc3ccc(CCC(=O)O)c(F)c3)c(C)c21. The van der Waals surface area contributed by atoms with E-state index in [0.717, 1.165) is 19.5 Å². The van der Waals surface area contributed by atoms with Gasteiger partial charge in [-0.15, -0.1) is 0 Å². The summed E-state index contributed by atoms with van der Waals surface area (Å²) in [5.41, 5.74) is 6.50. The van der Waals surface area contributed by atoms with Crippen molar-refractivity contribution in [3.05, 3.63) is 58.4 Å². The molecule has 1 aliphatic rings. The van der Waals surface area contributed by atoms with Crippen molar-refractivity contribution in [2.24, 2.45) is 0 Å². The average molecular weight is 399 g/mol. The van der Waals surface area contributed by atoms with Crippen LogP contribution in [0.4, 0.5) is 15.8 Å². The smallest absolute Gasteiger partial charge is 0.303 e. The van der Waals surface area contributed by atoms with E-state index in [9.17, 15) is 9.18 Å². The van der Waals surface area contributed by atoms with Gasteiger partial charge in [-0.1, -0.05) is 31.5 Å². The molecule has 0 saturated carbocycles. The second kappa shape index (κ2) is 9.77. The Bertz CT molecular complexity index is 866. The van der Waals surface area contributed by atoms with E-state index in [0.29, 0.717) is 17.8 Å². The zero-order chi connectivity index (χ0) is 20.8. The number of fused-ring (bicyclic) bond motifs is 1. The normalized spacial score (nSPS) is 13.3. The van der Waals surface area contributed by atoms with Crippen LogP contribution in [0.1, 0.15) is 54.9 Å². The minimum absolute atomic E-state index is 0.0629. The largest absolute Gasteiger partial charge is 0.481 e. The zero-order valence-electron chi connectivity index (χ0n) is 17.4. The van der Waals surface area contributed by atoms with Gasteiger partial charge in [0.05, 0.1) is 0 Å². The van der Waals surface area contributed by atoms with E-state index in [1.165, 1.54) is 47.7 Å². The van der Waals surface area contributed by atoms with E-state index in [2.05, 4.69) is 36.2 Å². The monoisotopic (exact) mass is 398 g/mol. The Hall–Kier alpha value is -2.56. The fourth-order valence-corrected chi connectivity index (χ4v) is 4.08. The van der Waals surface area contributed by atoms with Crippen molar-refractivity contribution in [3.8, 4) is 0 Å². The number of anilines is 2. The molecule has 4 nitrogen and oxygen atoms in total. The number of halogens is 1. The number of aliphatic carboxylic acids is 1. The number of aryl methyl sites for hydroxylation is 2. The molecule has 2 N–H and O–H groups in total. The first kappa shape index (κ1) is 21.2. The van der Waals surface area contributed by atoms with Crippen molar-refractivity contribution < 1.29 is 14.3 Å². The molecule has 0 saturated heterocycles. The molecule has 1 heterocycles. The van der Waals surface area contributed by atoms with Crippen LogP contribution < -0.4 is 10.2 Å². The molecule has 156 valence electrons. The molecule has 0 aromatic heterocycles. The van der Waals surface area contributed by atoms with Crippen molar-refractivity contribution in [2.75, 3.05) is 23.3 Å². The number of carbonyl (C=O) groups is 1. The quantitative estimate of drug-likeness (QED) is 0.601. The number of nitrogens with zero attached hydrogens (tertiary/aromatic N) is 1. The minimum Gasteiger partial charge on any atom is -0.481 e. The lowest BCUT2D eigenvalue weighted by Gasteiger charge is -2.34. The molecule has 0 aliphatic carbocycles. The summed E-state index contributed by atoms with van der Waals surface area (Å²) < 4.78 is 14.3. The molecule has 0 radical (unpaired) electrons. The highest BCUT2D eigenvalue weighted by molar-refractivity contribution is 5.67. The van der Waals surface area contributed by atoms with E-state index in [-0.39, 0.29) is 18.7 Å². The third-order valence-electron chi connectivity index (χ3n) is 5.74. The van der Waals surface area contributed by atoms with Crippen LogP contribution in [0.25, 0.3) is 0 Å². The Morgan fingerprint density at radius 3 is 2.76 bits per heavy atom. The highest BCUT2D eigenvalue weighted by atomic mass is 19.1. The molecule has 1 aliphatic heterocycles. The third-order valence-corrected chi connectivity index (χ3v) is 5.74. The summed E-state index contributed by atoms with van der Waals surface area (Å²) in [6.07, 6.45) is 4.89. The summed E-state index contributed by atoms with van der Waals surface area (Å²) in [5.74, 6) is -1.27. The Kier molecular flexibility index (Phi) is 7.13. The summed E-state index contributed by atoms with van der Waals surface area (Å²) >= 11 is 0. The lowest BCUT2D eigenvalue weighted by Crippen LogP contribution is -2.31. The van der Waals surface area contributed by atoms with Gasteiger partial charge in [0.2, 0.25) is 0 Å². The molecule has 0 unspecified atom stereocenters. The molecule has 0 spiro atoms. The van der Waals surface area contributed by atoms with E-state index in [4.69, 9.17) is 5.11 Å². The van der Waals surface area contributed by atoms with Crippen molar-refractivity contribution >= 4 is 17.3 Å². The summed E-state index contributed by atoms with van der Waals surface area (Å²) in [4.78, 5) is 13.2. The van der Waals surface area contributed by atoms with Crippen LogP contribution in [0.2, 0.25) is 0 Å². The van der Waals surface area contributed by atoms with E-state index in [1.807, 2.05) is 6.07 Å². The molecule has 0 fully saturated rings. The Morgan fingerprint density at radius 2 is 2.03 bits per heavy atom. The fraction of sp³-hybridized carbons (Fsp3) is 0.458. The van der Waals surface area contributed by atoms with Gasteiger partial charge in [-0.05, 0) is 67.0 Å². The van der Waals surface area contributed by atoms with Crippen LogP contribution in [0.5, 0.6) is 0 Å². The summed E-state index contributed by atoms with van der Waals surface area (Å²) in [7, 11) is 0. The van der Waals surface area contributed by atoms with Gasteiger partial charge in [-0.25, -0.2) is 4.39 Å². The molecular formula is C24H31FN2O2. The van der Waals surface area contributed by atoms with Crippen LogP contribution in [-0.4, -0.2) is 24.2 Å². The summed E-state index contributed by atoms with van der Waals surface area (Å²) in [6.45, 7) is 7.27. The summed E-state index contributed by atoms with van der Waals surface area (Å²) in [5, 5.41) is 12.1. The number of benzene rings is 2. The average Bonchev–Trinajstić information content (AvgIpc) is 2.70. The molecule has 0 amide bonds. The highest BCUT2D eigenvalue weighted by Crippen LogP contribution is 2.33. The topological polar surface area (TPSA) is 52.6 Å². The van der Waals surface area contributed by atoms with Gasteiger partial charge in [-0.3, -0.25) is 4.79 Å². The van der Waals surface area contributed by atoms with Crippen LogP contribution in [0.3, 0.4) is 0 Å². The van der Waals surface area contributed by atoms with Crippen LogP contribution in [-0.2, 0) is 24.2 Å². The molecule has 0 atom stereocenters. The van der Waals surface area contributed by atoms with Gasteiger partial charge in [0.15, 0.2) is 0 Å². The Labute approximate surface area is 172 Å². The number of unbranched alkanes of at least 4 members (excludes halogenated alkanes) is 1. The van der Waals surface area contributed by atoms with Gasteiger partial charge >= 0.3 is 5.97 Å². The number of hydrogen-bond acceptors (Lipinski definition) is 3. The number of hydrogen-bond donors (Lipinski definition) is 2. The maximum atomic E-state index is 14.3. The molecule has 2 aromatic carbocycles. The predicted molar refractivity (Wildman–Crippen MR) is 116 cm³/mol. The predicted octanol–water partition coefficient (Wildman–Crippen LogP) is 5.32. The van der Waals surface area contributed by atoms with E-state index in [1.54, 1.807) is 6.07 Å². The van der Waals surface area contributed by atoms with Gasteiger partial charge in [0.1, 0.15) is 5.82 Å². The molecule has 2 aromatic rings. The van der Waals surface area contributed by atoms with Gasteiger partial charge < -0.3 is 15.3 Å². The zero-order valence-corrected chi connectivity index (χ0v) is 17.4. The number of nitrogens with one attached hydrogen (secondary N) is 1. The summed E-state index contributed by atoms with van der Waals surface area (Å²) in [6, 6.07) is 9.38. The number of carboxylic acid groups (broad SMARTS) is 1. The highest BCUT2D eigenvalue weighted by Gasteiger charge is 2.20. The van der Waals surface area contributed by atoms with E-state index >= 15 is 0 Å². The lowest BCUT2D eigenvalue weighted by molar-refractivity contribution is -0.136. The standard InChI is InChI=1S/C24H31FN2O2/c1-3-4-13-27-14-5-6-19-7-8-20(17(2)24(19)27)16-26-21-11-9-18(22(25)15-21)10-12-23(28)29/h7-9,11,15,26H,3-6,10,12-14,16H2,1-2H3,(H,28,29). The third kappa shape index (κ3) is 5.28. The number of rotatable bonds is 9. The maximum absolute atomic E-state index is 14.3. The second-order valence-corrected chi connectivity index (χ2v) is 7.86. The maximum Gasteiger partial charge on any atom is 0.303 e. The first-order valence-electron chi connectivity index (χ1n) is 10.6. The Balaban J connectivity index is 1.71. The van der Waals surface area contributed by atoms with Crippen LogP contribution in [0, 0.1) is 12.7 Å². The van der Waals surface area contributed by atoms with Crippen molar-refractivity contribution in [1.82, 2.24) is 0 Å². The lowest BCUT2D eigenvalue weighted by atomic mass is 9.94. The van der Waals surface area contributed by atoms with Crippen molar-refractivity contribution in [3.63, 3.8) is 0 Å².